The zero-order valence-electron chi connectivity index (χ0n) is 8.20. The summed E-state index contributed by atoms with van der Waals surface area (Å²) in [5, 5.41) is 10.1. The molecule has 15 heavy (non-hydrogen) atoms. The maximum Gasteiger partial charge on any atom is 1.00 e. The van der Waals surface area contributed by atoms with E-state index in [2.05, 4.69) is 4.74 Å². The summed E-state index contributed by atoms with van der Waals surface area (Å²) in [5.74, 6) is -2.86. The molecule has 2 N–H and O–H groups in total. The number of carbonyl (C=O) groups is 3. The van der Waals surface area contributed by atoms with Crippen LogP contribution in [0.15, 0.2) is 0 Å². The van der Waals surface area contributed by atoms with Crippen LogP contribution >= 0.6 is 22.6 Å². The van der Waals surface area contributed by atoms with Gasteiger partial charge in [-0.1, -0.05) is 22.6 Å². The molecule has 8 heteroatoms. The first-order chi connectivity index (χ1) is 6.47. The molecular formula is C7H9INNaO5. The van der Waals surface area contributed by atoms with E-state index < -0.39 is 23.9 Å². The van der Waals surface area contributed by atoms with E-state index >= 15 is 0 Å². The van der Waals surface area contributed by atoms with Gasteiger partial charge in [0, 0.05) is 12.5 Å². The molecule has 0 aromatic carbocycles. The van der Waals surface area contributed by atoms with Crippen molar-refractivity contribution >= 4 is 40.5 Å². The number of carboxylic acid groups (broad SMARTS) is 1. The number of carboxylic acids is 1. The van der Waals surface area contributed by atoms with Crippen LogP contribution in [0.2, 0.25) is 0 Å². The minimum Gasteiger partial charge on any atom is -0.548 e. The van der Waals surface area contributed by atoms with Crippen LogP contribution in [0.25, 0.3) is 0 Å². The van der Waals surface area contributed by atoms with Gasteiger partial charge in [-0.15, -0.1) is 0 Å². The fourth-order valence-electron chi connectivity index (χ4n) is 0.596. The van der Waals surface area contributed by atoms with E-state index in [-0.39, 0.29) is 46.8 Å². The number of halogens is 1. The van der Waals surface area contributed by atoms with E-state index in [4.69, 9.17) is 5.73 Å². The van der Waals surface area contributed by atoms with Crippen molar-refractivity contribution in [2.45, 2.75) is 18.9 Å². The molecule has 6 nitrogen and oxygen atoms in total. The third kappa shape index (κ3) is 9.24. The SMILES string of the molecule is N[C@@H](CCC(=O)OC(=O)CI)C(=O)[O-].[Na+]. The normalized spacial score (nSPS) is 11.1. The van der Waals surface area contributed by atoms with Gasteiger partial charge in [0.2, 0.25) is 0 Å². The fraction of sp³-hybridized carbons (Fsp3) is 0.571. The Hall–Kier alpha value is 0.300. The van der Waals surface area contributed by atoms with Gasteiger partial charge >= 0.3 is 41.5 Å². The largest absolute Gasteiger partial charge is 1.00 e. The third-order valence-corrected chi connectivity index (χ3v) is 1.92. The van der Waals surface area contributed by atoms with Crippen LogP contribution in [0.3, 0.4) is 0 Å². The summed E-state index contributed by atoms with van der Waals surface area (Å²) in [7, 11) is 0. The molecule has 0 fully saturated rings. The van der Waals surface area contributed by atoms with Gasteiger partial charge < -0.3 is 20.4 Å². The maximum atomic E-state index is 10.8. The van der Waals surface area contributed by atoms with Crippen LogP contribution in [0.5, 0.6) is 0 Å². The van der Waals surface area contributed by atoms with Crippen LogP contribution < -0.4 is 40.4 Å². The first kappa shape index (κ1) is 17.7. The van der Waals surface area contributed by atoms with E-state index in [0.29, 0.717) is 0 Å². The van der Waals surface area contributed by atoms with Crippen molar-refractivity contribution in [1.82, 2.24) is 0 Å². The van der Waals surface area contributed by atoms with Gasteiger partial charge in [0.25, 0.3) is 0 Å². The first-order valence-corrected chi connectivity index (χ1v) is 5.25. The molecule has 0 heterocycles. The number of alkyl halides is 1. The summed E-state index contributed by atoms with van der Waals surface area (Å²) in [6.07, 6.45) is -0.312. The number of esters is 2. The Balaban J connectivity index is 0. The number of hydrogen-bond acceptors (Lipinski definition) is 6. The van der Waals surface area contributed by atoms with Crippen molar-refractivity contribution in [3.63, 3.8) is 0 Å². The molecule has 0 aromatic heterocycles. The van der Waals surface area contributed by atoms with E-state index in [1.807, 2.05) is 0 Å². The molecule has 1 atom stereocenters. The van der Waals surface area contributed by atoms with Gasteiger partial charge in [0.05, 0.1) is 10.4 Å². The Morgan fingerprint density at radius 3 is 2.27 bits per heavy atom. The summed E-state index contributed by atoms with van der Waals surface area (Å²) in [4.78, 5) is 31.5. The molecule has 0 aliphatic carbocycles. The molecule has 0 amide bonds. The predicted octanol–water partition coefficient (Wildman–Crippen LogP) is -4.65. The van der Waals surface area contributed by atoms with Gasteiger partial charge in [0.1, 0.15) is 0 Å². The molecule has 0 aromatic rings. The molecule has 0 bridgehead atoms. The summed E-state index contributed by atoms with van der Waals surface area (Å²) >= 11 is 1.74. The Kier molecular flexibility index (Phi) is 11.2. The van der Waals surface area contributed by atoms with Gasteiger partial charge in [-0.25, -0.2) is 0 Å². The Morgan fingerprint density at radius 1 is 1.33 bits per heavy atom. The van der Waals surface area contributed by atoms with Gasteiger partial charge in [-0.3, -0.25) is 9.59 Å². The number of nitrogens with two attached hydrogens (primary N) is 1. The first-order valence-electron chi connectivity index (χ1n) is 3.73. The summed E-state index contributed by atoms with van der Waals surface area (Å²) in [6, 6.07) is -1.21. The maximum absolute atomic E-state index is 10.8. The average Bonchev–Trinajstić information content (AvgIpc) is 2.13. The molecular weight excluding hydrogens is 328 g/mol. The van der Waals surface area contributed by atoms with Crippen molar-refractivity contribution in [3.05, 3.63) is 0 Å². The van der Waals surface area contributed by atoms with E-state index in [1.165, 1.54) is 0 Å². The second kappa shape index (κ2) is 9.52. The Bertz CT molecular complexity index is 248. The van der Waals surface area contributed by atoms with Crippen LogP contribution in [-0.2, 0) is 19.1 Å². The van der Waals surface area contributed by atoms with Crippen molar-refractivity contribution in [2.24, 2.45) is 5.73 Å². The Labute approximate surface area is 122 Å². The smallest absolute Gasteiger partial charge is 0.548 e. The fourth-order valence-corrected chi connectivity index (χ4v) is 0.752. The monoisotopic (exact) mass is 337 g/mol. The van der Waals surface area contributed by atoms with E-state index in [9.17, 15) is 19.5 Å². The van der Waals surface area contributed by atoms with E-state index in [0.717, 1.165) is 0 Å². The Morgan fingerprint density at radius 2 is 1.87 bits per heavy atom. The molecule has 0 aliphatic rings. The van der Waals surface area contributed by atoms with Gasteiger partial charge in [-0.05, 0) is 6.42 Å². The molecule has 0 rings (SSSR count). The topological polar surface area (TPSA) is 110 Å². The molecule has 0 saturated heterocycles. The number of hydrogen-bond donors (Lipinski definition) is 1. The number of aliphatic carboxylic acids is 1. The minimum absolute atomic E-state index is 0. The van der Waals surface area contributed by atoms with Gasteiger partial charge in [-0.2, -0.15) is 0 Å². The quantitative estimate of drug-likeness (QED) is 0.178. The zero-order valence-corrected chi connectivity index (χ0v) is 12.4. The van der Waals surface area contributed by atoms with Crippen molar-refractivity contribution < 1.29 is 53.8 Å². The molecule has 0 spiro atoms. The van der Waals surface area contributed by atoms with Crippen molar-refractivity contribution in [1.29, 1.82) is 0 Å². The molecule has 0 radical (unpaired) electrons. The minimum atomic E-state index is -1.43. The molecule has 0 saturated carbocycles. The molecule has 0 aliphatic heterocycles. The zero-order chi connectivity index (χ0) is 11.1. The van der Waals surface area contributed by atoms with Crippen molar-refractivity contribution in [2.75, 3.05) is 4.43 Å². The summed E-state index contributed by atoms with van der Waals surface area (Å²) in [5.41, 5.74) is 5.07. The molecule has 0 unspecified atom stereocenters. The third-order valence-electron chi connectivity index (χ3n) is 1.30. The van der Waals surface area contributed by atoms with E-state index in [1.54, 1.807) is 22.6 Å². The van der Waals surface area contributed by atoms with Crippen molar-refractivity contribution in [3.8, 4) is 0 Å². The second-order valence-electron chi connectivity index (χ2n) is 2.44. The van der Waals surface area contributed by atoms with Crippen LogP contribution in [0.4, 0.5) is 0 Å². The summed E-state index contributed by atoms with van der Waals surface area (Å²) < 4.78 is 4.34. The second-order valence-corrected chi connectivity index (χ2v) is 3.21. The number of rotatable bonds is 5. The standard InChI is InChI=1S/C7H10INO5.Na/c8-3-6(11)14-5(10)2-1-4(9)7(12)13;/h4H,1-3,9H2,(H,12,13);/q;+1/p-1/t4-;/m0./s1. The molecule has 80 valence electrons. The number of ether oxygens (including phenoxy) is 1. The van der Waals surface area contributed by atoms with Crippen LogP contribution in [-0.4, -0.2) is 28.4 Å². The van der Waals surface area contributed by atoms with Gasteiger partial charge in [0.15, 0.2) is 0 Å². The van der Waals surface area contributed by atoms with Crippen LogP contribution in [0.1, 0.15) is 12.8 Å². The average molecular weight is 337 g/mol. The summed E-state index contributed by atoms with van der Waals surface area (Å²) in [6.45, 7) is 0. The number of carbonyl (C=O) groups excluding carboxylic acids is 3. The van der Waals surface area contributed by atoms with Crippen LogP contribution in [0, 0.1) is 0 Å². The predicted molar refractivity (Wildman–Crippen MR) is 52.2 cm³/mol.